The van der Waals surface area contributed by atoms with Crippen LogP contribution in [0.25, 0.3) is 27.7 Å². The maximum absolute atomic E-state index is 17.2. The third-order valence-corrected chi connectivity index (χ3v) is 8.58. The molecule has 1 fully saturated rings. The Hall–Kier alpha value is -4.87. The molecule has 2 unspecified atom stereocenters. The van der Waals surface area contributed by atoms with Gasteiger partial charge in [0.05, 0.1) is 40.5 Å². The quantitative estimate of drug-likeness (QED) is 0.307. The molecule has 0 spiro atoms. The average Bonchev–Trinajstić information content (AvgIpc) is 2.99. The standard InChI is InChI=1S/C33H32F3N5O4/c1-6-22(43)39-15-19-11-13-45-31-25-30(26(35)24(27(31)36)23-20(34)8-7-9-21(23)42)41(29-17(4)10-12-37-28(29)16(2)3)33(44)38-32(25)40(19)14-18(39)5/h6-10,12,16,18-19,42H,1,11,13-15H2,2-5H3. The fourth-order valence-corrected chi connectivity index (χ4v) is 6.45. The Bertz CT molecular complexity index is 1920. The second-order valence-electron chi connectivity index (χ2n) is 11.7. The van der Waals surface area contributed by atoms with Crippen LogP contribution in [0.2, 0.25) is 0 Å². The first kappa shape index (κ1) is 30.2. The number of phenolic OH excluding ortho intramolecular Hbond substituents is 1. The molecule has 2 atom stereocenters. The molecule has 2 aliphatic rings. The number of piperazine rings is 1. The number of rotatable bonds is 4. The Kier molecular flexibility index (Phi) is 7.54. The number of fused-ring (bicyclic) bond motifs is 2. The van der Waals surface area contributed by atoms with Crippen molar-refractivity contribution in [2.75, 3.05) is 24.6 Å². The van der Waals surface area contributed by atoms with E-state index < -0.39 is 57.3 Å². The number of aromatic nitrogens is 3. The number of carbonyl (C=O) groups is 1. The van der Waals surface area contributed by atoms with Gasteiger partial charge in [0.1, 0.15) is 22.9 Å². The van der Waals surface area contributed by atoms with Crippen LogP contribution in [-0.2, 0) is 4.79 Å². The first-order chi connectivity index (χ1) is 21.5. The predicted octanol–water partition coefficient (Wildman–Crippen LogP) is 5.38. The summed E-state index contributed by atoms with van der Waals surface area (Å²) < 4.78 is 56.1. The Balaban J connectivity index is 1.77. The molecule has 0 bridgehead atoms. The summed E-state index contributed by atoms with van der Waals surface area (Å²) in [5, 5.41) is 10.5. The minimum Gasteiger partial charge on any atom is -0.507 e. The van der Waals surface area contributed by atoms with Gasteiger partial charge in [0.25, 0.3) is 0 Å². The number of phenols is 1. The van der Waals surface area contributed by atoms with Crippen molar-refractivity contribution in [3.8, 4) is 28.3 Å². The van der Waals surface area contributed by atoms with Crippen LogP contribution in [-0.4, -0.2) is 62.2 Å². The van der Waals surface area contributed by atoms with Crippen molar-refractivity contribution < 1.29 is 27.8 Å². The summed E-state index contributed by atoms with van der Waals surface area (Å²) in [6.07, 6.45) is 3.10. The lowest BCUT2D eigenvalue weighted by Gasteiger charge is -2.46. The molecular formula is C33H32F3N5O4. The summed E-state index contributed by atoms with van der Waals surface area (Å²) in [7, 11) is 0. The van der Waals surface area contributed by atoms with E-state index in [9.17, 15) is 14.7 Å². The molecule has 1 N–H and O–H groups in total. The largest absolute Gasteiger partial charge is 0.507 e. The summed E-state index contributed by atoms with van der Waals surface area (Å²) in [4.78, 5) is 39.1. The third-order valence-electron chi connectivity index (χ3n) is 8.58. The SMILES string of the molecule is C=CC(=O)N1CC2CCOc3c(F)c(-c4c(O)cccc4F)c(F)c4c3c(nc(=O)n4-c3c(C)ccnc3C(C)C)N2CC1C. The van der Waals surface area contributed by atoms with E-state index in [2.05, 4.69) is 16.5 Å². The molecule has 4 aromatic rings. The van der Waals surface area contributed by atoms with Crippen LogP contribution in [0.15, 0.2) is 47.9 Å². The second-order valence-corrected chi connectivity index (χ2v) is 11.7. The van der Waals surface area contributed by atoms with Gasteiger partial charge in [-0.05, 0) is 49.6 Å². The van der Waals surface area contributed by atoms with Crippen LogP contribution >= 0.6 is 0 Å². The maximum atomic E-state index is 17.2. The van der Waals surface area contributed by atoms with Gasteiger partial charge in [-0.25, -0.2) is 18.0 Å². The number of aryl methyl sites for hydroxylation is 1. The molecule has 2 aromatic carbocycles. The Morgan fingerprint density at radius 1 is 1.16 bits per heavy atom. The first-order valence-electron chi connectivity index (χ1n) is 14.7. The molecule has 9 nitrogen and oxygen atoms in total. The highest BCUT2D eigenvalue weighted by Gasteiger charge is 2.40. The van der Waals surface area contributed by atoms with Crippen LogP contribution in [0.4, 0.5) is 19.0 Å². The summed E-state index contributed by atoms with van der Waals surface area (Å²) in [6, 6.07) is 4.21. The fourth-order valence-electron chi connectivity index (χ4n) is 6.45. The van der Waals surface area contributed by atoms with E-state index in [1.54, 1.807) is 29.0 Å². The molecule has 1 amide bonds. The smallest absolute Gasteiger partial charge is 0.354 e. The number of benzene rings is 2. The molecule has 2 aromatic heterocycles. The zero-order valence-electron chi connectivity index (χ0n) is 25.3. The van der Waals surface area contributed by atoms with Gasteiger partial charge >= 0.3 is 5.69 Å². The van der Waals surface area contributed by atoms with Gasteiger partial charge in [0, 0.05) is 31.7 Å². The second kappa shape index (κ2) is 11.2. The van der Waals surface area contributed by atoms with Gasteiger partial charge < -0.3 is 19.6 Å². The average molecular weight is 620 g/mol. The molecule has 234 valence electrons. The Labute approximate surface area is 257 Å². The Morgan fingerprint density at radius 3 is 2.60 bits per heavy atom. The summed E-state index contributed by atoms with van der Waals surface area (Å²) >= 11 is 0. The lowest BCUT2D eigenvalue weighted by molar-refractivity contribution is -0.129. The monoisotopic (exact) mass is 619 g/mol. The minimum absolute atomic E-state index is 0.0155. The molecule has 4 heterocycles. The van der Waals surface area contributed by atoms with Crippen molar-refractivity contribution in [3.05, 3.63) is 82.3 Å². The number of amides is 1. The first-order valence-corrected chi connectivity index (χ1v) is 14.7. The normalized spacial score (nSPS) is 18.0. The van der Waals surface area contributed by atoms with Gasteiger partial charge in [-0.3, -0.25) is 14.3 Å². The van der Waals surface area contributed by atoms with Crippen molar-refractivity contribution >= 4 is 22.6 Å². The summed E-state index contributed by atoms with van der Waals surface area (Å²) in [6.45, 7) is 11.3. The third kappa shape index (κ3) is 4.70. The number of nitrogens with zero attached hydrogens (tertiary/aromatic N) is 5. The highest BCUT2D eigenvalue weighted by molar-refractivity contribution is 6.01. The molecular weight excluding hydrogens is 587 g/mol. The van der Waals surface area contributed by atoms with Gasteiger partial charge in [0.2, 0.25) is 5.91 Å². The Morgan fingerprint density at radius 2 is 1.91 bits per heavy atom. The molecule has 0 saturated carbocycles. The van der Waals surface area contributed by atoms with Gasteiger partial charge in [0.15, 0.2) is 17.4 Å². The summed E-state index contributed by atoms with van der Waals surface area (Å²) in [5.74, 6) is -5.19. The number of anilines is 1. The number of aromatic hydroxyl groups is 1. The van der Waals surface area contributed by atoms with Crippen LogP contribution in [0.3, 0.4) is 0 Å². The summed E-state index contributed by atoms with van der Waals surface area (Å²) in [5.41, 5.74) is -1.55. The van der Waals surface area contributed by atoms with E-state index in [0.717, 1.165) is 16.7 Å². The van der Waals surface area contributed by atoms with E-state index >= 15 is 13.2 Å². The molecule has 12 heteroatoms. The molecule has 2 aliphatic heterocycles. The van der Waals surface area contributed by atoms with Crippen molar-refractivity contribution in [2.24, 2.45) is 0 Å². The van der Waals surface area contributed by atoms with Crippen molar-refractivity contribution in [1.29, 1.82) is 0 Å². The number of pyridine rings is 1. The van der Waals surface area contributed by atoms with Crippen molar-refractivity contribution in [3.63, 3.8) is 0 Å². The minimum atomic E-state index is -1.28. The van der Waals surface area contributed by atoms with Gasteiger partial charge in [-0.2, -0.15) is 4.98 Å². The zero-order valence-corrected chi connectivity index (χ0v) is 25.3. The highest BCUT2D eigenvalue weighted by atomic mass is 19.1. The lowest BCUT2D eigenvalue weighted by Crippen LogP contribution is -2.60. The topological polar surface area (TPSA) is 101 Å². The molecule has 45 heavy (non-hydrogen) atoms. The van der Waals surface area contributed by atoms with E-state index in [4.69, 9.17) is 4.74 Å². The van der Waals surface area contributed by atoms with Crippen LogP contribution < -0.4 is 15.3 Å². The number of hydrogen-bond donors (Lipinski definition) is 1. The van der Waals surface area contributed by atoms with Gasteiger partial charge in [-0.15, -0.1) is 0 Å². The van der Waals surface area contributed by atoms with Crippen LogP contribution in [0.1, 0.15) is 44.4 Å². The predicted molar refractivity (Wildman–Crippen MR) is 164 cm³/mol. The lowest BCUT2D eigenvalue weighted by atomic mass is 9.97. The maximum Gasteiger partial charge on any atom is 0.354 e. The molecule has 0 aliphatic carbocycles. The zero-order chi connectivity index (χ0) is 32.3. The number of carbonyl (C=O) groups excluding carboxylic acids is 1. The van der Waals surface area contributed by atoms with Crippen LogP contribution in [0, 0.1) is 24.4 Å². The molecule has 1 saturated heterocycles. The number of ether oxygens (including phenoxy) is 1. The fraction of sp³-hybridized carbons (Fsp3) is 0.333. The van der Waals surface area contributed by atoms with E-state index in [0.29, 0.717) is 17.7 Å². The van der Waals surface area contributed by atoms with Crippen LogP contribution in [0.5, 0.6) is 11.5 Å². The van der Waals surface area contributed by atoms with E-state index in [1.165, 1.54) is 12.1 Å². The molecule has 0 radical (unpaired) electrons. The highest BCUT2D eigenvalue weighted by Crippen LogP contribution is 2.47. The van der Waals surface area contributed by atoms with Crippen molar-refractivity contribution in [1.82, 2.24) is 19.4 Å². The van der Waals surface area contributed by atoms with E-state index in [1.807, 2.05) is 20.8 Å². The van der Waals surface area contributed by atoms with Gasteiger partial charge in [-0.1, -0.05) is 26.5 Å². The van der Waals surface area contributed by atoms with E-state index in [-0.39, 0.29) is 54.5 Å². The number of halogens is 3. The van der Waals surface area contributed by atoms with Crippen molar-refractivity contribution in [2.45, 2.75) is 52.1 Å². The molecule has 6 rings (SSSR count). The number of hydrogen-bond acceptors (Lipinski definition) is 7.